The Balaban J connectivity index is 1.49. The second-order valence-corrected chi connectivity index (χ2v) is 7.86. The largest absolute Gasteiger partial charge is 0.450 e. The lowest BCUT2D eigenvalue weighted by Gasteiger charge is -2.04. The lowest BCUT2D eigenvalue weighted by molar-refractivity contribution is -0.112. The van der Waals surface area contributed by atoms with Gasteiger partial charge in [0.1, 0.15) is 17.4 Å². The van der Waals surface area contributed by atoms with Crippen LogP contribution in [0.5, 0.6) is 0 Å². The number of furan rings is 1. The molecular weight excluding hydrogens is 452 g/mol. The number of nitrogens with zero attached hydrogens (tertiary/aromatic N) is 2. The Morgan fingerprint density at radius 1 is 1.21 bits per heavy atom. The molecule has 0 bridgehead atoms. The van der Waals surface area contributed by atoms with E-state index in [2.05, 4.69) is 31.2 Å². The number of imidazole rings is 1. The van der Waals surface area contributed by atoms with Crippen molar-refractivity contribution in [1.29, 1.82) is 5.26 Å². The van der Waals surface area contributed by atoms with E-state index in [1.165, 1.54) is 17.8 Å². The lowest BCUT2D eigenvalue weighted by Crippen LogP contribution is -2.13. The molecule has 0 unspecified atom stereocenters. The SMILES string of the molecule is N#C/C(=C/c1ccc(Sc2nc3ccccc3[nH]2)o1)C(=O)Nc1cccc(Br)c1. The fraction of sp³-hybridized carbons (Fsp3) is 0. The van der Waals surface area contributed by atoms with Crippen molar-refractivity contribution < 1.29 is 9.21 Å². The average Bonchev–Trinajstić information content (AvgIpc) is 3.32. The first-order valence-electron chi connectivity index (χ1n) is 8.52. The quantitative estimate of drug-likeness (QED) is 0.295. The molecule has 0 aliphatic rings. The topological polar surface area (TPSA) is 94.7 Å². The van der Waals surface area contributed by atoms with Gasteiger partial charge in [0.15, 0.2) is 10.2 Å². The summed E-state index contributed by atoms with van der Waals surface area (Å²) in [5.41, 5.74) is 2.35. The molecule has 29 heavy (non-hydrogen) atoms. The molecule has 0 aliphatic heterocycles. The van der Waals surface area contributed by atoms with Crippen LogP contribution in [-0.2, 0) is 4.79 Å². The highest BCUT2D eigenvalue weighted by Gasteiger charge is 2.12. The first-order valence-corrected chi connectivity index (χ1v) is 10.1. The molecule has 0 saturated heterocycles. The van der Waals surface area contributed by atoms with Gasteiger partial charge in [-0.1, -0.05) is 34.1 Å². The zero-order valence-corrected chi connectivity index (χ0v) is 17.3. The van der Waals surface area contributed by atoms with Crippen molar-refractivity contribution in [2.45, 2.75) is 10.2 Å². The smallest absolute Gasteiger partial charge is 0.266 e. The van der Waals surface area contributed by atoms with E-state index in [0.717, 1.165) is 15.5 Å². The average molecular weight is 465 g/mol. The van der Waals surface area contributed by atoms with E-state index in [1.807, 2.05) is 36.4 Å². The summed E-state index contributed by atoms with van der Waals surface area (Å²) in [6.45, 7) is 0. The number of amides is 1. The van der Waals surface area contributed by atoms with Crippen LogP contribution in [0, 0.1) is 11.3 Å². The van der Waals surface area contributed by atoms with Crippen molar-refractivity contribution in [3.05, 3.63) is 76.5 Å². The summed E-state index contributed by atoms with van der Waals surface area (Å²) in [6.07, 6.45) is 1.41. The summed E-state index contributed by atoms with van der Waals surface area (Å²) >= 11 is 4.68. The van der Waals surface area contributed by atoms with E-state index in [-0.39, 0.29) is 5.57 Å². The molecule has 8 heteroatoms. The van der Waals surface area contributed by atoms with Crippen molar-refractivity contribution in [3.8, 4) is 6.07 Å². The fourth-order valence-corrected chi connectivity index (χ4v) is 3.76. The molecule has 0 radical (unpaired) electrons. The number of carbonyl (C=O) groups excluding carboxylic acids is 1. The van der Waals surface area contributed by atoms with Gasteiger partial charge < -0.3 is 14.7 Å². The maximum Gasteiger partial charge on any atom is 0.266 e. The van der Waals surface area contributed by atoms with Crippen LogP contribution in [0.25, 0.3) is 17.1 Å². The number of halogens is 1. The predicted molar refractivity (Wildman–Crippen MR) is 115 cm³/mol. The standard InChI is InChI=1S/C21H13BrN4O2S/c22-14-4-3-5-15(11-14)24-20(27)13(12-23)10-16-8-9-19(28-16)29-21-25-17-6-1-2-7-18(17)26-21/h1-11H,(H,24,27)(H,25,26)/b13-10-. The Bertz CT molecular complexity index is 1240. The van der Waals surface area contributed by atoms with Crippen LogP contribution < -0.4 is 5.32 Å². The highest BCUT2D eigenvalue weighted by Crippen LogP contribution is 2.29. The first-order chi connectivity index (χ1) is 14.1. The number of anilines is 1. The zero-order valence-electron chi connectivity index (χ0n) is 14.8. The minimum atomic E-state index is -0.506. The van der Waals surface area contributed by atoms with E-state index in [4.69, 9.17) is 4.42 Å². The number of nitriles is 1. The van der Waals surface area contributed by atoms with Gasteiger partial charge in [-0.2, -0.15) is 5.26 Å². The highest BCUT2D eigenvalue weighted by atomic mass is 79.9. The Morgan fingerprint density at radius 2 is 2.07 bits per heavy atom. The second kappa shape index (κ2) is 8.39. The third-order valence-corrected chi connectivity index (χ3v) is 5.20. The number of benzene rings is 2. The van der Waals surface area contributed by atoms with Gasteiger partial charge in [0.25, 0.3) is 5.91 Å². The molecule has 0 fully saturated rings. The number of fused-ring (bicyclic) bond motifs is 1. The van der Waals surface area contributed by atoms with Crippen molar-refractivity contribution in [1.82, 2.24) is 9.97 Å². The molecule has 6 nitrogen and oxygen atoms in total. The third kappa shape index (κ3) is 4.59. The molecule has 0 spiro atoms. The molecule has 0 atom stereocenters. The molecule has 2 aromatic heterocycles. The summed E-state index contributed by atoms with van der Waals surface area (Å²) in [4.78, 5) is 20.1. The normalized spacial score (nSPS) is 11.4. The summed E-state index contributed by atoms with van der Waals surface area (Å²) < 4.78 is 6.55. The van der Waals surface area contributed by atoms with Crippen LogP contribution in [0.1, 0.15) is 5.76 Å². The molecule has 142 valence electrons. The van der Waals surface area contributed by atoms with Crippen LogP contribution in [0.2, 0.25) is 0 Å². The van der Waals surface area contributed by atoms with Crippen LogP contribution in [-0.4, -0.2) is 15.9 Å². The van der Waals surface area contributed by atoms with E-state index in [0.29, 0.717) is 21.7 Å². The summed E-state index contributed by atoms with van der Waals surface area (Å²) in [5, 5.41) is 13.4. The molecule has 2 N–H and O–H groups in total. The van der Waals surface area contributed by atoms with Crippen molar-refractivity contribution in [2.75, 3.05) is 5.32 Å². The number of para-hydroxylation sites is 2. The Morgan fingerprint density at radius 3 is 2.86 bits per heavy atom. The number of carbonyl (C=O) groups is 1. The summed E-state index contributed by atoms with van der Waals surface area (Å²) in [6, 6.07) is 20.3. The minimum Gasteiger partial charge on any atom is -0.450 e. The molecule has 4 aromatic rings. The van der Waals surface area contributed by atoms with Gasteiger partial charge in [-0.3, -0.25) is 4.79 Å². The third-order valence-electron chi connectivity index (χ3n) is 3.90. The predicted octanol–water partition coefficient (Wildman–Crippen LogP) is 5.62. The van der Waals surface area contributed by atoms with Gasteiger partial charge in [-0.05, 0) is 54.2 Å². The number of aromatic nitrogens is 2. The Labute approximate surface area is 178 Å². The molecule has 1 amide bonds. The van der Waals surface area contributed by atoms with Gasteiger partial charge in [0, 0.05) is 16.2 Å². The van der Waals surface area contributed by atoms with Crippen LogP contribution in [0.15, 0.2) is 85.4 Å². The molecule has 2 aromatic carbocycles. The Kier molecular flexibility index (Phi) is 5.51. The number of H-pyrrole nitrogens is 1. The number of hydrogen-bond donors (Lipinski definition) is 2. The van der Waals surface area contributed by atoms with Crippen molar-refractivity contribution in [2.24, 2.45) is 0 Å². The van der Waals surface area contributed by atoms with Gasteiger partial charge in [0.05, 0.1) is 11.0 Å². The maximum atomic E-state index is 12.4. The van der Waals surface area contributed by atoms with Crippen molar-refractivity contribution in [3.63, 3.8) is 0 Å². The Hall–Kier alpha value is -3.28. The fourth-order valence-electron chi connectivity index (χ4n) is 2.60. The van der Waals surface area contributed by atoms with E-state index in [9.17, 15) is 10.1 Å². The monoisotopic (exact) mass is 464 g/mol. The van der Waals surface area contributed by atoms with Crippen LogP contribution >= 0.6 is 27.7 Å². The molecule has 4 rings (SSSR count). The first kappa shape index (κ1) is 19.1. The number of aromatic amines is 1. The summed E-state index contributed by atoms with van der Waals surface area (Å²) in [5.74, 6) is -0.0990. The van der Waals surface area contributed by atoms with Gasteiger partial charge >= 0.3 is 0 Å². The van der Waals surface area contributed by atoms with Crippen molar-refractivity contribution >= 4 is 56.4 Å². The second-order valence-electron chi connectivity index (χ2n) is 5.95. The minimum absolute atomic E-state index is 0.0559. The number of nitrogens with one attached hydrogen (secondary N) is 2. The lowest BCUT2D eigenvalue weighted by atomic mass is 10.2. The van der Waals surface area contributed by atoms with E-state index >= 15 is 0 Å². The molecular formula is C21H13BrN4O2S. The van der Waals surface area contributed by atoms with E-state index < -0.39 is 5.91 Å². The van der Waals surface area contributed by atoms with Gasteiger partial charge in [-0.25, -0.2) is 4.98 Å². The number of rotatable bonds is 5. The zero-order chi connectivity index (χ0) is 20.2. The maximum absolute atomic E-state index is 12.4. The molecule has 0 saturated carbocycles. The summed E-state index contributed by atoms with van der Waals surface area (Å²) in [7, 11) is 0. The molecule has 2 heterocycles. The van der Waals surface area contributed by atoms with Crippen LogP contribution in [0.4, 0.5) is 5.69 Å². The van der Waals surface area contributed by atoms with E-state index in [1.54, 1.807) is 30.3 Å². The number of hydrogen-bond acceptors (Lipinski definition) is 5. The molecule has 0 aliphatic carbocycles. The van der Waals surface area contributed by atoms with Gasteiger partial charge in [-0.15, -0.1) is 0 Å². The van der Waals surface area contributed by atoms with Gasteiger partial charge in [0.2, 0.25) is 0 Å². The highest BCUT2D eigenvalue weighted by molar-refractivity contribution is 9.10. The van der Waals surface area contributed by atoms with Crippen LogP contribution in [0.3, 0.4) is 0 Å².